The summed E-state index contributed by atoms with van der Waals surface area (Å²) in [4.78, 5) is 8.23. The second kappa shape index (κ2) is 4.09. The van der Waals surface area contributed by atoms with E-state index in [4.69, 9.17) is 4.74 Å². The molecule has 0 unspecified atom stereocenters. The number of rotatable bonds is 2. The summed E-state index contributed by atoms with van der Waals surface area (Å²) in [6, 6.07) is 10.5. The Bertz CT molecular complexity index is 451. The minimum atomic E-state index is 0.396. The van der Waals surface area contributed by atoms with E-state index in [1.807, 2.05) is 18.2 Å². The number of aromatic nitrogens is 2. The van der Waals surface area contributed by atoms with Crippen molar-refractivity contribution in [3.63, 3.8) is 0 Å². The van der Waals surface area contributed by atoms with Crippen molar-refractivity contribution in [1.29, 1.82) is 0 Å². The first-order valence-electron chi connectivity index (χ1n) is 4.73. The molecule has 0 N–H and O–H groups in total. The van der Waals surface area contributed by atoms with Gasteiger partial charge in [0.15, 0.2) is 0 Å². The number of hydrogen-bond donors (Lipinski definition) is 0. The Balaban J connectivity index is 2.40. The minimum Gasteiger partial charge on any atom is -0.467 e. The van der Waals surface area contributed by atoms with E-state index in [0.29, 0.717) is 6.01 Å². The molecule has 0 spiro atoms. The summed E-state index contributed by atoms with van der Waals surface area (Å²) in [5.41, 5.74) is 3.18. The number of methoxy groups -OCH3 is 1. The van der Waals surface area contributed by atoms with Crippen LogP contribution in [0.1, 0.15) is 5.56 Å². The van der Waals surface area contributed by atoms with Crippen LogP contribution in [0.3, 0.4) is 0 Å². The zero-order valence-corrected chi connectivity index (χ0v) is 8.77. The smallest absolute Gasteiger partial charge is 0.316 e. The molecule has 0 aliphatic rings. The van der Waals surface area contributed by atoms with Crippen LogP contribution in [-0.4, -0.2) is 17.1 Å². The second-order valence-electron chi connectivity index (χ2n) is 3.29. The van der Waals surface area contributed by atoms with Gasteiger partial charge in [0.1, 0.15) is 0 Å². The molecular formula is C12H12N2O. The van der Waals surface area contributed by atoms with Crippen LogP contribution in [0, 0.1) is 6.92 Å². The Labute approximate surface area is 88.8 Å². The zero-order valence-electron chi connectivity index (χ0n) is 8.77. The quantitative estimate of drug-likeness (QED) is 0.747. The van der Waals surface area contributed by atoms with Crippen molar-refractivity contribution in [2.75, 3.05) is 7.11 Å². The molecule has 1 aromatic carbocycles. The minimum absolute atomic E-state index is 0.396. The zero-order chi connectivity index (χ0) is 10.7. The van der Waals surface area contributed by atoms with Gasteiger partial charge in [0.25, 0.3) is 0 Å². The standard InChI is InChI=1S/C12H12N2O/c1-9-3-5-10(6-4-9)11-7-8-13-12(14-11)15-2/h3-8H,1-2H3. The lowest BCUT2D eigenvalue weighted by Crippen LogP contribution is -1.92. The third kappa shape index (κ3) is 2.13. The summed E-state index contributed by atoms with van der Waals surface area (Å²) in [6.07, 6.45) is 1.70. The van der Waals surface area contributed by atoms with Crippen molar-refractivity contribution in [3.05, 3.63) is 42.1 Å². The molecule has 1 heterocycles. The van der Waals surface area contributed by atoms with Crippen molar-refractivity contribution in [3.8, 4) is 17.3 Å². The number of hydrogen-bond acceptors (Lipinski definition) is 3. The SMILES string of the molecule is COc1nccc(-c2ccc(C)cc2)n1. The van der Waals surface area contributed by atoms with Crippen LogP contribution in [0.15, 0.2) is 36.5 Å². The molecule has 0 aliphatic heterocycles. The molecule has 76 valence electrons. The number of nitrogens with zero attached hydrogens (tertiary/aromatic N) is 2. The molecule has 15 heavy (non-hydrogen) atoms. The van der Waals surface area contributed by atoms with E-state index in [-0.39, 0.29) is 0 Å². The topological polar surface area (TPSA) is 35.0 Å². The lowest BCUT2D eigenvalue weighted by Gasteiger charge is -2.02. The van der Waals surface area contributed by atoms with Crippen molar-refractivity contribution in [2.24, 2.45) is 0 Å². The lowest BCUT2D eigenvalue weighted by molar-refractivity contribution is 0.380. The Kier molecular flexibility index (Phi) is 2.63. The highest BCUT2D eigenvalue weighted by molar-refractivity contribution is 5.59. The predicted molar refractivity (Wildman–Crippen MR) is 58.8 cm³/mol. The van der Waals surface area contributed by atoms with Crippen molar-refractivity contribution < 1.29 is 4.74 Å². The third-order valence-corrected chi connectivity index (χ3v) is 2.16. The Morgan fingerprint density at radius 2 is 1.80 bits per heavy atom. The van der Waals surface area contributed by atoms with Gasteiger partial charge in [-0.2, -0.15) is 4.98 Å². The van der Waals surface area contributed by atoms with E-state index < -0.39 is 0 Å². The summed E-state index contributed by atoms with van der Waals surface area (Å²) in [5.74, 6) is 0. The van der Waals surface area contributed by atoms with Gasteiger partial charge >= 0.3 is 6.01 Å². The highest BCUT2D eigenvalue weighted by Gasteiger charge is 2.01. The molecule has 1 aromatic heterocycles. The molecule has 2 rings (SSSR count). The lowest BCUT2D eigenvalue weighted by atomic mass is 10.1. The Hall–Kier alpha value is -1.90. The van der Waals surface area contributed by atoms with Crippen molar-refractivity contribution >= 4 is 0 Å². The Morgan fingerprint density at radius 1 is 1.07 bits per heavy atom. The monoisotopic (exact) mass is 200 g/mol. The first kappa shape index (κ1) is 9.65. The molecule has 3 nitrogen and oxygen atoms in total. The van der Waals surface area contributed by atoms with E-state index in [1.54, 1.807) is 13.3 Å². The highest BCUT2D eigenvalue weighted by Crippen LogP contribution is 2.18. The van der Waals surface area contributed by atoms with Gasteiger partial charge < -0.3 is 4.74 Å². The van der Waals surface area contributed by atoms with E-state index in [2.05, 4.69) is 29.0 Å². The van der Waals surface area contributed by atoms with Gasteiger partial charge in [-0.3, -0.25) is 0 Å². The van der Waals surface area contributed by atoms with Crippen LogP contribution in [0.25, 0.3) is 11.3 Å². The van der Waals surface area contributed by atoms with Crippen molar-refractivity contribution in [2.45, 2.75) is 6.92 Å². The maximum atomic E-state index is 4.98. The molecule has 0 bridgehead atoms. The summed E-state index contributed by atoms with van der Waals surface area (Å²) in [6.45, 7) is 2.06. The molecule has 0 saturated heterocycles. The summed E-state index contributed by atoms with van der Waals surface area (Å²) < 4.78 is 4.98. The van der Waals surface area contributed by atoms with E-state index in [9.17, 15) is 0 Å². The van der Waals surface area contributed by atoms with Gasteiger partial charge in [-0.25, -0.2) is 4.98 Å². The average molecular weight is 200 g/mol. The Morgan fingerprint density at radius 3 is 2.47 bits per heavy atom. The molecule has 3 heteroatoms. The molecule has 0 fully saturated rings. The van der Waals surface area contributed by atoms with Gasteiger partial charge in [-0.1, -0.05) is 29.8 Å². The van der Waals surface area contributed by atoms with Crippen LogP contribution in [0.4, 0.5) is 0 Å². The number of aryl methyl sites for hydroxylation is 1. The third-order valence-electron chi connectivity index (χ3n) is 2.16. The molecule has 0 atom stereocenters. The maximum absolute atomic E-state index is 4.98. The van der Waals surface area contributed by atoms with Gasteiger partial charge in [0.2, 0.25) is 0 Å². The van der Waals surface area contributed by atoms with Crippen LogP contribution in [-0.2, 0) is 0 Å². The predicted octanol–water partition coefficient (Wildman–Crippen LogP) is 2.46. The molecule has 0 radical (unpaired) electrons. The van der Waals surface area contributed by atoms with Crippen LogP contribution in [0.2, 0.25) is 0 Å². The largest absolute Gasteiger partial charge is 0.467 e. The van der Waals surface area contributed by atoms with E-state index in [1.165, 1.54) is 5.56 Å². The summed E-state index contributed by atoms with van der Waals surface area (Å²) >= 11 is 0. The van der Waals surface area contributed by atoms with Gasteiger partial charge in [0.05, 0.1) is 12.8 Å². The molecule has 0 aliphatic carbocycles. The highest BCUT2D eigenvalue weighted by atomic mass is 16.5. The van der Waals surface area contributed by atoms with E-state index >= 15 is 0 Å². The molecule has 0 saturated carbocycles. The fraction of sp³-hybridized carbons (Fsp3) is 0.167. The van der Waals surface area contributed by atoms with Crippen LogP contribution in [0.5, 0.6) is 6.01 Å². The molecular weight excluding hydrogens is 188 g/mol. The molecule has 2 aromatic rings. The van der Waals surface area contributed by atoms with Gasteiger partial charge in [-0.15, -0.1) is 0 Å². The normalized spacial score (nSPS) is 10.0. The van der Waals surface area contributed by atoms with Crippen LogP contribution >= 0.6 is 0 Å². The fourth-order valence-corrected chi connectivity index (χ4v) is 1.32. The number of ether oxygens (including phenoxy) is 1. The number of benzene rings is 1. The van der Waals surface area contributed by atoms with Crippen molar-refractivity contribution in [1.82, 2.24) is 9.97 Å². The summed E-state index contributed by atoms with van der Waals surface area (Å²) in [7, 11) is 1.56. The first-order valence-corrected chi connectivity index (χ1v) is 4.73. The van der Waals surface area contributed by atoms with Crippen LogP contribution < -0.4 is 4.74 Å². The fourth-order valence-electron chi connectivity index (χ4n) is 1.32. The average Bonchev–Trinajstić information content (AvgIpc) is 2.30. The first-order chi connectivity index (χ1) is 7.29. The summed E-state index contributed by atoms with van der Waals surface area (Å²) in [5, 5.41) is 0. The van der Waals surface area contributed by atoms with Gasteiger partial charge in [-0.05, 0) is 13.0 Å². The second-order valence-corrected chi connectivity index (χ2v) is 3.29. The van der Waals surface area contributed by atoms with E-state index in [0.717, 1.165) is 11.3 Å². The maximum Gasteiger partial charge on any atom is 0.316 e. The molecule has 0 amide bonds. The van der Waals surface area contributed by atoms with Gasteiger partial charge in [0, 0.05) is 11.8 Å².